The number of thioether (sulfide) groups is 1. The SMILES string of the molecule is FC(F)=CCCSc1ncc(-c2ccccc2)s1. The lowest BCUT2D eigenvalue weighted by Crippen LogP contribution is -1.75. The standard InChI is InChI=1S/C13H11F2NS2/c14-12(15)7-4-8-17-13-16-9-11(18-13)10-5-2-1-3-6-10/h1-3,5-7,9H,4,8H2. The zero-order valence-corrected chi connectivity index (χ0v) is 11.1. The van der Waals surface area contributed by atoms with Crippen molar-refractivity contribution >= 4 is 23.1 Å². The van der Waals surface area contributed by atoms with E-state index in [2.05, 4.69) is 4.98 Å². The maximum atomic E-state index is 11.8. The molecule has 1 nitrogen and oxygen atoms in total. The minimum Gasteiger partial charge on any atom is -0.237 e. The molecule has 0 saturated carbocycles. The molecule has 18 heavy (non-hydrogen) atoms. The van der Waals surface area contributed by atoms with Crippen molar-refractivity contribution in [1.82, 2.24) is 4.98 Å². The van der Waals surface area contributed by atoms with Crippen molar-refractivity contribution in [2.45, 2.75) is 10.8 Å². The van der Waals surface area contributed by atoms with Gasteiger partial charge in [0.25, 0.3) is 6.08 Å². The first kappa shape index (κ1) is 13.2. The van der Waals surface area contributed by atoms with Crippen LogP contribution in [0.15, 0.2) is 53.0 Å². The van der Waals surface area contributed by atoms with Gasteiger partial charge in [0.15, 0.2) is 0 Å². The van der Waals surface area contributed by atoms with Crippen LogP contribution in [-0.2, 0) is 0 Å². The molecule has 0 aliphatic rings. The fraction of sp³-hybridized carbons (Fsp3) is 0.154. The zero-order chi connectivity index (χ0) is 12.8. The van der Waals surface area contributed by atoms with E-state index >= 15 is 0 Å². The summed E-state index contributed by atoms with van der Waals surface area (Å²) in [5, 5.41) is 0. The summed E-state index contributed by atoms with van der Waals surface area (Å²) in [7, 11) is 0. The second kappa shape index (κ2) is 6.66. The normalized spacial score (nSPS) is 10.3. The molecule has 0 unspecified atom stereocenters. The molecule has 0 radical (unpaired) electrons. The summed E-state index contributed by atoms with van der Waals surface area (Å²) in [4.78, 5) is 5.38. The van der Waals surface area contributed by atoms with Crippen molar-refractivity contribution in [3.8, 4) is 10.4 Å². The summed E-state index contributed by atoms with van der Waals surface area (Å²) in [6, 6.07) is 10.00. The van der Waals surface area contributed by atoms with E-state index in [-0.39, 0.29) is 0 Å². The summed E-state index contributed by atoms with van der Waals surface area (Å²) in [6.07, 6.45) is 1.53. The van der Waals surface area contributed by atoms with E-state index in [0.717, 1.165) is 20.9 Å². The van der Waals surface area contributed by atoms with Crippen LogP contribution in [0.25, 0.3) is 10.4 Å². The number of nitrogens with zero attached hydrogens (tertiary/aromatic N) is 1. The molecular formula is C13H11F2NS2. The van der Waals surface area contributed by atoms with Gasteiger partial charge in [0.05, 0.1) is 4.88 Å². The average Bonchev–Trinajstić information content (AvgIpc) is 2.84. The van der Waals surface area contributed by atoms with Gasteiger partial charge in [-0.3, -0.25) is 0 Å². The number of benzene rings is 1. The smallest absolute Gasteiger partial charge is 0.237 e. The molecule has 5 heteroatoms. The molecule has 0 aliphatic carbocycles. The monoisotopic (exact) mass is 283 g/mol. The Bertz CT molecular complexity index is 519. The van der Waals surface area contributed by atoms with Gasteiger partial charge >= 0.3 is 0 Å². The highest BCUT2D eigenvalue weighted by Gasteiger charge is 2.04. The third-order valence-electron chi connectivity index (χ3n) is 2.18. The van der Waals surface area contributed by atoms with E-state index in [1.165, 1.54) is 11.8 Å². The number of hydrogen-bond acceptors (Lipinski definition) is 3. The average molecular weight is 283 g/mol. The lowest BCUT2D eigenvalue weighted by atomic mass is 10.2. The quantitative estimate of drug-likeness (QED) is 0.561. The summed E-state index contributed by atoms with van der Waals surface area (Å²) in [5.41, 5.74) is 1.14. The largest absolute Gasteiger partial charge is 0.266 e. The predicted molar refractivity (Wildman–Crippen MR) is 73.2 cm³/mol. The number of rotatable bonds is 5. The van der Waals surface area contributed by atoms with E-state index in [4.69, 9.17) is 0 Å². The van der Waals surface area contributed by atoms with Crippen molar-refractivity contribution in [2.75, 3.05) is 5.75 Å². The first-order chi connectivity index (χ1) is 8.75. The van der Waals surface area contributed by atoms with Gasteiger partial charge in [0, 0.05) is 11.9 Å². The topological polar surface area (TPSA) is 12.9 Å². The number of halogens is 2. The molecule has 0 spiro atoms. The Morgan fingerprint density at radius 2 is 2.06 bits per heavy atom. The van der Waals surface area contributed by atoms with E-state index in [1.807, 2.05) is 36.5 Å². The Balaban J connectivity index is 1.93. The number of hydrogen-bond donors (Lipinski definition) is 0. The minimum absolute atomic E-state index is 0.368. The van der Waals surface area contributed by atoms with E-state index in [0.29, 0.717) is 12.2 Å². The summed E-state index contributed by atoms with van der Waals surface area (Å²) < 4.78 is 24.6. The van der Waals surface area contributed by atoms with Gasteiger partial charge in [-0.2, -0.15) is 8.78 Å². The molecule has 0 saturated heterocycles. The van der Waals surface area contributed by atoms with Gasteiger partial charge < -0.3 is 0 Å². The van der Waals surface area contributed by atoms with Crippen LogP contribution in [-0.4, -0.2) is 10.7 Å². The molecule has 1 heterocycles. The molecule has 0 bridgehead atoms. The van der Waals surface area contributed by atoms with Gasteiger partial charge in [-0.1, -0.05) is 42.1 Å². The molecule has 0 N–H and O–H groups in total. The van der Waals surface area contributed by atoms with Gasteiger partial charge in [-0.25, -0.2) is 4.98 Å². The molecule has 2 aromatic rings. The summed E-state index contributed by atoms with van der Waals surface area (Å²) in [6.45, 7) is 0. The highest BCUT2D eigenvalue weighted by molar-refractivity contribution is 8.01. The Morgan fingerprint density at radius 1 is 1.28 bits per heavy atom. The molecule has 0 atom stereocenters. The Kier molecular flexibility index (Phi) is 4.90. The van der Waals surface area contributed by atoms with Gasteiger partial charge in [-0.05, 0) is 18.1 Å². The van der Waals surface area contributed by atoms with E-state index < -0.39 is 6.08 Å². The Hall–Kier alpha value is -1.20. The minimum atomic E-state index is -1.61. The summed E-state index contributed by atoms with van der Waals surface area (Å²) >= 11 is 3.10. The van der Waals surface area contributed by atoms with Gasteiger partial charge in [0.2, 0.25) is 0 Å². The van der Waals surface area contributed by atoms with Crippen LogP contribution >= 0.6 is 23.1 Å². The molecular weight excluding hydrogens is 272 g/mol. The van der Waals surface area contributed by atoms with Crippen LogP contribution in [0.5, 0.6) is 0 Å². The zero-order valence-electron chi connectivity index (χ0n) is 9.48. The molecule has 1 aromatic heterocycles. The number of aromatic nitrogens is 1. The third-order valence-corrected chi connectivity index (χ3v) is 4.42. The molecule has 0 aliphatic heterocycles. The highest BCUT2D eigenvalue weighted by Crippen LogP contribution is 2.31. The van der Waals surface area contributed by atoms with Crippen molar-refractivity contribution in [3.63, 3.8) is 0 Å². The first-order valence-corrected chi connectivity index (χ1v) is 7.21. The second-order valence-electron chi connectivity index (χ2n) is 3.49. The van der Waals surface area contributed by atoms with Crippen molar-refractivity contribution < 1.29 is 8.78 Å². The molecule has 2 rings (SSSR count). The van der Waals surface area contributed by atoms with Crippen LogP contribution in [0, 0.1) is 0 Å². The Morgan fingerprint density at radius 3 is 2.78 bits per heavy atom. The number of allylic oxidation sites excluding steroid dienone is 1. The fourth-order valence-corrected chi connectivity index (χ4v) is 3.32. The maximum absolute atomic E-state index is 11.8. The number of thiazole rings is 1. The van der Waals surface area contributed by atoms with E-state index in [9.17, 15) is 8.78 Å². The van der Waals surface area contributed by atoms with Crippen LogP contribution in [0.1, 0.15) is 6.42 Å². The lowest BCUT2D eigenvalue weighted by molar-refractivity contribution is 0.418. The summed E-state index contributed by atoms with van der Waals surface area (Å²) in [5.74, 6) is 0.624. The molecule has 0 fully saturated rings. The van der Waals surface area contributed by atoms with Crippen LogP contribution < -0.4 is 0 Å². The Labute approximate surface area is 113 Å². The maximum Gasteiger partial charge on any atom is 0.266 e. The van der Waals surface area contributed by atoms with Gasteiger partial charge in [0.1, 0.15) is 4.34 Å². The molecule has 0 amide bonds. The second-order valence-corrected chi connectivity index (χ2v) is 5.86. The predicted octanol–water partition coefficient (Wildman–Crippen LogP) is 5.07. The highest BCUT2D eigenvalue weighted by atomic mass is 32.2. The van der Waals surface area contributed by atoms with E-state index in [1.54, 1.807) is 11.3 Å². The lowest BCUT2D eigenvalue weighted by Gasteiger charge is -1.94. The first-order valence-electron chi connectivity index (χ1n) is 5.41. The molecule has 94 valence electrons. The van der Waals surface area contributed by atoms with Crippen molar-refractivity contribution in [3.05, 3.63) is 48.7 Å². The van der Waals surface area contributed by atoms with Crippen molar-refractivity contribution in [2.24, 2.45) is 0 Å². The third kappa shape index (κ3) is 3.92. The van der Waals surface area contributed by atoms with Gasteiger partial charge in [-0.15, -0.1) is 11.3 Å². The molecule has 1 aromatic carbocycles. The van der Waals surface area contributed by atoms with Crippen LogP contribution in [0.4, 0.5) is 8.78 Å². The van der Waals surface area contributed by atoms with Crippen molar-refractivity contribution in [1.29, 1.82) is 0 Å². The van der Waals surface area contributed by atoms with Crippen LogP contribution in [0.3, 0.4) is 0 Å². The van der Waals surface area contributed by atoms with Crippen LogP contribution in [0.2, 0.25) is 0 Å². The fourth-order valence-electron chi connectivity index (χ4n) is 1.37.